The van der Waals surface area contributed by atoms with E-state index in [1.165, 1.54) is 10.9 Å². The fourth-order valence-corrected chi connectivity index (χ4v) is 1.87. The summed E-state index contributed by atoms with van der Waals surface area (Å²) in [7, 11) is 0. The number of thiazole rings is 1. The highest BCUT2D eigenvalue weighted by atomic mass is 32.1. The Hall–Kier alpha value is -1.26. The highest BCUT2D eigenvalue weighted by Crippen LogP contribution is 2.06. The van der Waals surface area contributed by atoms with E-state index >= 15 is 0 Å². The standard InChI is InChI=1S/C11H11FN2S/c12-10-3-1-2-9(4-10)5-13-6-11-7-14-8-15-11/h1-4,7-8,13H,5-6H2. The monoisotopic (exact) mass is 222 g/mol. The zero-order valence-electron chi connectivity index (χ0n) is 8.11. The molecule has 0 spiro atoms. The average molecular weight is 222 g/mol. The molecule has 1 aromatic carbocycles. The van der Waals surface area contributed by atoms with Gasteiger partial charge in [-0.05, 0) is 17.7 Å². The molecule has 1 heterocycles. The Morgan fingerprint density at radius 2 is 2.27 bits per heavy atom. The molecule has 2 aromatic rings. The molecule has 0 amide bonds. The molecule has 4 heteroatoms. The summed E-state index contributed by atoms with van der Waals surface area (Å²) in [5.41, 5.74) is 2.76. The summed E-state index contributed by atoms with van der Waals surface area (Å²) in [6.45, 7) is 1.46. The molecule has 0 aliphatic heterocycles. The van der Waals surface area contributed by atoms with Gasteiger partial charge < -0.3 is 5.32 Å². The first kappa shape index (κ1) is 10.3. The molecule has 15 heavy (non-hydrogen) atoms. The molecule has 0 fully saturated rings. The topological polar surface area (TPSA) is 24.9 Å². The zero-order valence-corrected chi connectivity index (χ0v) is 8.93. The van der Waals surface area contributed by atoms with Crippen molar-refractivity contribution in [3.8, 4) is 0 Å². The van der Waals surface area contributed by atoms with Crippen LogP contribution in [0.1, 0.15) is 10.4 Å². The summed E-state index contributed by atoms with van der Waals surface area (Å²) >= 11 is 1.61. The number of nitrogens with one attached hydrogen (secondary N) is 1. The van der Waals surface area contributed by atoms with Crippen molar-refractivity contribution < 1.29 is 4.39 Å². The smallest absolute Gasteiger partial charge is 0.123 e. The third-order valence-corrected chi connectivity index (χ3v) is 2.78. The van der Waals surface area contributed by atoms with Gasteiger partial charge in [0.25, 0.3) is 0 Å². The molecular formula is C11H11FN2S. The second-order valence-electron chi connectivity index (χ2n) is 3.20. The van der Waals surface area contributed by atoms with Crippen LogP contribution in [0.15, 0.2) is 36.0 Å². The minimum Gasteiger partial charge on any atom is -0.308 e. The van der Waals surface area contributed by atoms with Gasteiger partial charge in [0.2, 0.25) is 0 Å². The van der Waals surface area contributed by atoms with Crippen LogP contribution in [0.2, 0.25) is 0 Å². The summed E-state index contributed by atoms with van der Waals surface area (Å²) in [6.07, 6.45) is 1.84. The Labute approximate surface area is 91.8 Å². The van der Waals surface area contributed by atoms with Crippen molar-refractivity contribution in [1.82, 2.24) is 10.3 Å². The van der Waals surface area contributed by atoms with E-state index < -0.39 is 0 Å². The largest absolute Gasteiger partial charge is 0.308 e. The third kappa shape index (κ3) is 3.11. The quantitative estimate of drug-likeness (QED) is 0.860. The summed E-state index contributed by atoms with van der Waals surface area (Å²) in [6, 6.07) is 6.62. The number of halogens is 1. The average Bonchev–Trinajstić information content (AvgIpc) is 2.71. The molecule has 2 rings (SSSR count). The van der Waals surface area contributed by atoms with Crippen LogP contribution in [0.25, 0.3) is 0 Å². The van der Waals surface area contributed by atoms with Gasteiger partial charge in [0.15, 0.2) is 0 Å². The number of benzene rings is 1. The van der Waals surface area contributed by atoms with Crippen molar-refractivity contribution in [2.24, 2.45) is 0 Å². The van der Waals surface area contributed by atoms with Gasteiger partial charge in [-0.25, -0.2) is 4.39 Å². The van der Waals surface area contributed by atoms with Gasteiger partial charge >= 0.3 is 0 Å². The van der Waals surface area contributed by atoms with E-state index in [-0.39, 0.29) is 5.82 Å². The molecule has 2 nitrogen and oxygen atoms in total. The summed E-state index contributed by atoms with van der Waals surface area (Å²) in [5, 5.41) is 3.24. The van der Waals surface area contributed by atoms with Crippen LogP contribution in [0.3, 0.4) is 0 Å². The minimum atomic E-state index is -0.188. The SMILES string of the molecule is Fc1cccc(CNCc2cncs2)c1. The first-order valence-electron chi connectivity index (χ1n) is 4.67. The first-order valence-corrected chi connectivity index (χ1v) is 5.55. The van der Waals surface area contributed by atoms with Gasteiger partial charge in [-0.1, -0.05) is 12.1 Å². The van der Waals surface area contributed by atoms with Crippen LogP contribution in [0, 0.1) is 5.82 Å². The van der Waals surface area contributed by atoms with Crippen molar-refractivity contribution >= 4 is 11.3 Å². The molecule has 0 radical (unpaired) electrons. The second kappa shape index (κ2) is 5.00. The summed E-state index contributed by atoms with van der Waals surface area (Å²) in [4.78, 5) is 5.17. The number of rotatable bonds is 4. The molecule has 0 saturated heterocycles. The second-order valence-corrected chi connectivity index (χ2v) is 4.17. The summed E-state index contributed by atoms with van der Waals surface area (Å²) < 4.78 is 12.8. The van der Waals surface area contributed by atoms with Gasteiger partial charge in [-0.15, -0.1) is 11.3 Å². The maximum Gasteiger partial charge on any atom is 0.123 e. The number of hydrogen-bond acceptors (Lipinski definition) is 3. The van der Waals surface area contributed by atoms with E-state index in [1.807, 2.05) is 12.3 Å². The maximum absolute atomic E-state index is 12.8. The number of hydrogen-bond donors (Lipinski definition) is 1. The Morgan fingerprint density at radius 3 is 3.00 bits per heavy atom. The molecular weight excluding hydrogens is 211 g/mol. The molecule has 1 N–H and O–H groups in total. The lowest BCUT2D eigenvalue weighted by Gasteiger charge is -2.02. The first-order chi connectivity index (χ1) is 7.34. The van der Waals surface area contributed by atoms with Gasteiger partial charge in [0.1, 0.15) is 5.82 Å². The van der Waals surface area contributed by atoms with Gasteiger partial charge in [-0.3, -0.25) is 4.98 Å². The highest BCUT2D eigenvalue weighted by molar-refractivity contribution is 7.09. The normalized spacial score (nSPS) is 10.5. The van der Waals surface area contributed by atoms with Crippen LogP contribution in [0.5, 0.6) is 0 Å². The number of aromatic nitrogens is 1. The lowest BCUT2D eigenvalue weighted by Crippen LogP contribution is -2.11. The van der Waals surface area contributed by atoms with Crippen LogP contribution in [-0.2, 0) is 13.1 Å². The Balaban J connectivity index is 1.83. The van der Waals surface area contributed by atoms with Gasteiger partial charge in [0, 0.05) is 24.2 Å². The molecule has 0 saturated carbocycles. The molecule has 78 valence electrons. The van der Waals surface area contributed by atoms with Gasteiger partial charge in [0.05, 0.1) is 5.51 Å². The lowest BCUT2D eigenvalue weighted by atomic mass is 10.2. The van der Waals surface area contributed by atoms with Crippen LogP contribution < -0.4 is 5.32 Å². The van der Waals surface area contributed by atoms with Crippen molar-refractivity contribution in [1.29, 1.82) is 0 Å². The van der Waals surface area contributed by atoms with Crippen molar-refractivity contribution in [2.45, 2.75) is 13.1 Å². The van der Waals surface area contributed by atoms with E-state index in [0.29, 0.717) is 6.54 Å². The van der Waals surface area contributed by atoms with Gasteiger partial charge in [-0.2, -0.15) is 0 Å². The molecule has 1 aromatic heterocycles. The third-order valence-electron chi connectivity index (χ3n) is 2.00. The van der Waals surface area contributed by atoms with Crippen LogP contribution >= 0.6 is 11.3 Å². The van der Waals surface area contributed by atoms with E-state index in [2.05, 4.69) is 10.3 Å². The van der Waals surface area contributed by atoms with E-state index in [4.69, 9.17) is 0 Å². The van der Waals surface area contributed by atoms with E-state index in [1.54, 1.807) is 29.0 Å². The van der Waals surface area contributed by atoms with Crippen molar-refractivity contribution in [3.05, 3.63) is 52.2 Å². The zero-order chi connectivity index (χ0) is 10.5. The Bertz CT molecular complexity index is 414. The van der Waals surface area contributed by atoms with E-state index in [9.17, 15) is 4.39 Å². The fraction of sp³-hybridized carbons (Fsp3) is 0.182. The lowest BCUT2D eigenvalue weighted by molar-refractivity contribution is 0.620. The molecule has 0 unspecified atom stereocenters. The Morgan fingerprint density at radius 1 is 1.33 bits per heavy atom. The van der Waals surface area contributed by atoms with Crippen LogP contribution in [-0.4, -0.2) is 4.98 Å². The predicted octanol–water partition coefficient (Wildman–Crippen LogP) is 2.57. The van der Waals surface area contributed by atoms with Crippen LogP contribution in [0.4, 0.5) is 4.39 Å². The van der Waals surface area contributed by atoms with Crippen molar-refractivity contribution in [3.63, 3.8) is 0 Å². The molecule has 0 atom stereocenters. The molecule has 0 aliphatic carbocycles. The molecule has 0 bridgehead atoms. The fourth-order valence-electron chi connectivity index (χ4n) is 1.31. The molecule has 0 aliphatic rings. The maximum atomic E-state index is 12.8. The van der Waals surface area contributed by atoms with E-state index in [0.717, 1.165) is 12.1 Å². The minimum absolute atomic E-state index is 0.188. The predicted molar refractivity (Wildman–Crippen MR) is 59.1 cm³/mol. The Kier molecular flexibility index (Phi) is 3.42. The van der Waals surface area contributed by atoms with Crippen molar-refractivity contribution in [2.75, 3.05) is 0 Å². The number of nitrogens with zero attached hydrogens (tertiary/aromatic N) is 1. The summed E-state index contributed by atoms with van der Waals surface area (Å²) in [5.74, 6) is -0.188. The highest BCUT2D eigenvalue weighted by Gasteiger charge is 1.96.